The van der Waals surface area contributed by atoms with Crippen molar-refractivity contribution in [2.75, 3.05) is 0 Å². The lowest BCUT2D eigenvalue weighted by molar-refractivity contribution is 0.577. The van der Waals surface area contributed by atoms with Gasteiger partial charge in [-0.2, -0.15) is 0 Å². The zero-order valence-corrected chi connectivity index (χ0v) is 12.0. The molecule has 2 atom stereocenters. The van der Waals surface area contributed by atoms with Crippen molar-refractivity contribution >= 4 is 22.6 Å². The Balaban J connectivity index is 2.12. The first-order valence-electron chi connectivity index (χ1n) is 7.11. The van der Waals surface area contributed by atoms with Crippen LogP contribution in [-0.4, -0.2) is 15.6 Å². The molecular weight excluding hydrogens is 258 g/mol. The summed E-state index contributed by atoms with van der Waals surface area (Å²) in [7, 11) is 0. The monoisotopic (exact) mass is 277 g/mol. The average molecular weight is 278 g/mol. The topological polar surface area (TPSA) is 43.8 Å². The number of fused-ring (bicyclic) bond motifs is 1. The smallest absolute Gasteiger partial charge is 0.113 e. The van der Waals surface area contributed by atoms with E-state index in [4.69, 9.17) is 22.3 Å². The van der Waals surface area contributed by atoms with Crippen LogP contribution in [0.5, 0.6) is 0 Å². The van der Waals surface area contributed by atoms with Gasteiger partial charge in [0.05, 0.1) is 16.1 Å². The van der Waals surface area contributed by atoms with Gasteiger partial charge in [0.15, 0.2) is 0 Å². The molecule has 1 saturated carbocycles. The van der Waals surface area contributed by atoms with E-state index >= 15 is 0 Å². The first-order chi connectivity index (χ1) is 9.20. The minimum absolute atomic E-state index is 0.329. The minimum Gasteiger partial charge on any atom is -0.328 e. The second-order valence-corrected chi connectivity index (χ2v) is 5.91. The fourth-order valence-electron chi connectivity index (χ4n) is 3.17. The molecule has 0 radical (unpaired) electrons. The fraction of sp³-hybridized carbons (Fsp3) is 0.533. The third kappa shape index (κ3) is 2.26. The number of hydrogen-bond acceptors (Lipinski definition) is 2. The van der Waals surface area contributed by atoms with E-state index in [2.05, 4.69) is 11.5 Å². The Morgan fingerprint density at radius 1 is 1.42 bits per heavy atom. The van der Waals surface area contributed by atoms with Crippen molar-refractivity contribution in [1.29, 1.82) is 0 Å². The highest BCUT2D eigenvalue weighted by atomic mass is 35.5. The Morgan fingerprint density at radius 2 is 2.26 bits per heavy atom. The van der Waals surface area contributed by atoms with Gasteiger partial charge in [-0.05, 0) is 37.8 Å². The molecule has 1 aliphatic rings. The zero-order valence-electron chi connectivity index (χ0n) is 11.3. The highest BCUT2D eigenvalue weighted by molar-refractivity contribution is 6.35. The summed E-state index contributed by atoms with van der Waals surface area (Å²) in [5, 5.41) is 0.798. The number of halogens is 1. The van der Waals surface area contributed by atoms with Gasteiger partial charge >= 0.3 is 0 Å². The van der Waals surface area contributed by atoms with E-state index in [1.54, 1.807) is 0 Å². The van der Waals surface area contributed by atoms with Crippen LogP contribution in [0.1, 0.15) is 44.3 Å². The maximum Gasteiger partial charge on any atom is 0.113 e. The van der Waals surface area contributed by atoms with Crippen LogP contribution >= 0.6 is 11.6 Å². The van der Waals surface area contributed by atoms with Crippen LogP contribution in [0, 0.1) is 0 Å². The molecule has 102 valence electrons. The molecule has 1 aromatic heterocycles. The molecule has 1 fully saturated rings. The third-order valence-corrected chi connectivity index (χ3v) is 4.34. The van der Waals surface area contributed by atoms with E-state index in [9.17, 15) is 0 Å². The number of aryl methyl sites for hydroxylation is 1. The lowest BCUT2D eigenvalue weighted by Gasteiger charge is -2.13. The molecule has 0 saturated heterocycles. The maximum absolute atomic E-state index is 6.36. The highest BCUT2D eigenvalue weighted by Crippen LogP contribution is 2.36. The highest BCUT2D eigenvalue weighted by Gasteiger charge is 2.28. The summed E-state index contributed by atoms with van der Waals surface area (Å²) >= 11 is 6.36. The zero-order chi connectivity index (χ0) is 13.4. The number of imidazole rings is 1. The Morgan fingerprint density at radius 3 is 2.95 bits per heavy atom. The maximum atomic E-state index is 6.36. The Kier molecular flexibility index (Phi) is 3.50. The number of benzene rings is 1. The quantitative estimate of drug-likeness (QED) is 0.930. The summed E-state index contributed by atoms with van der Waals surface area (Å²) in [4.78, 5) is 4.83. The van der Waals surface area contributed by atoms with Crippen molar-refractivity contribution in [2.24, 2.45) is 5.73 Å². The molecule has 0 bridgehead atoms. The van der Waals surface area contributed by atoms with E-state index in [0.717, 1.165) is 48.3 Å². The molecule has 0 unspecified atom stereocenters. The van der Waals surface area contributed by atoms with Crippen molar-refractivity contribution in [3.8, 4) is 0 Å². The molecule has 2 N–H and O–H groups in total. The molecule has 0 spiro atoms. The molecular formula is C15H20ClN3. The number of para-hydroxylation sites is 1. The SMILES string of the molecule is CCCn1c([C@@H]2CC[C@H](N)C2)nc2cccc(Cl)c21. The van der Waals surface area contributed by atoms with E-state index in [-0.39, 0.29) is 0 Å². The van der Waals surface area contributed by atoms with Crippen LogP contribution in [-0.2, 0) is 6.54 Å². The van der Waals surface area contributed by atoms with E-state index in [1.165, 1.54) is 5.82 Å². The van der Waals surface area contributed by atoms with Crippen molar-refractivity contribution in [3.63, 3.8) is 0 Å². The molecule has 1 aromatic carbocycles. The minimum atomic E-state index is 0.329. The van der Waals surface area contributed by atoms with Crippen LogP contribution < -0.4 is 5.73 Å². The predicted molar refractivity (Wildman–Crippen MR) is 79.6 cm³/mol. The van der Waals surface area contributed by atoms with Gasteiger partial charge in [0.2, 0.25) is 0 Å². The summed E-state index contributed by atoms with van der Waals surface area (Å²) in [6.07, 6.45) is 4.38. The Bertz CT molecular complexity index is 590. The van der Waals surface area contributed by atoms with Crippen molar-refractivity contribution < 1.29 is 0 Å². The normalized spacial score (nSPS) is 23.3. The number of aromatic nitrogens is 2. The van der Waals surface area contributed by atoms with Gasteiger partial charge in [-0.15, -0.1) is 0 Å². The largest absolute Gasteiger partial charge is 0.328 e. The van der Waals surface area contributed by atoms with Crippen molar-refractivity contribution in [1.82, 2.24) is 9.55 Å². The van der Waals surface area contributed by atoms with Gasteiger partial charge in [-0.3, -0.25) is 0 Å². The van der Waals surface area contributed by atoms with E-state index < -0.39 is 0 Å². The predicted octanol–water partition coefficient (Wildman–Crippen LogP) is 3.69. The average Bonchev–Trinajstić information content (AvgIpc) is 2.95. The van der Waals surface area contributed by atoms with Gasteiger partial charge in [-0.1, -0.05) is 24.6 Å². The molecule has 0 aliphatic heterocycles. The Labute approximate surface area is 118 Å². The van der Waals surface area contributed by atoms with Gasteiger partial charge in [0, 0.05) is 18.5 Å². The van der Waals surface area contributed by atoms with Crippen molar-refractivity contribution in [2.45, 2.75) is 51.1 Å². The fourth-order valence-corrected chi connectivity index (χ4v) is 3.44. The molecule has 19 heavy (non-hydrogen) atoms. The van der Waals surface area contributed by atoms with Gasteiger partial charge in [0.1, 0.15) is 5.82 Å². The molecule has 0 amide bonds. The standard InChI is InChI=1S/C15H20ClN3/c1-2-8-19-14-12(16)4-3-5-13(14)18-15(19)10-6-7-11(17)9-10/h3-5,10-11H,2,6-9,17H2,1H3/t10-,11+/m1/s1. The van der Waals surface area contributed by atoms with Crippen LogP contribution in [0.2, 0.25) is 5.02 Å². The summed E-state index contributed by atoms with van der Waals surface area (Å²) in [5.41, 5.74) is 8.14. The van der Waals surface area contributed by atoms with Gasteiger partial charge in [0.25, 0.3) is 0 Å². The van der Waals surface area contributed by atoms with Crippen molar-refractivity contribution in [3.05, 3.63) is 29.0 Å². The molecule has 1 heterocycles. The molecule has 2 aromatic rings. The second kappa shape index (κ2) is 5.14. The van der Waals surface area contributed by atoms with Gasteiger partial charge in [-0.25, -0.2) is 4.98 Å². The first kappa shape index (κ1) is 12.9. The third-order valence-electron chi connectivity index (χ3n) is 4.03. The van der Waals surface area contributed by atoms with Crippen LogP contribution in [0.3, 0.4) is 0 Å². The van der Waals surface area contributed by atoms with Gasteiger partial charge < -0.3 is 10.3 Å². The van der Waals surface area contributed by atoms with E-state index in [0.29, 0.717) is 12.0 Å². The number of hydrogen-bond donors (Lipinski definition) is 1. The van der Waals surface area contributed by atoms with Crippen LogP contribution in [0.4, 0.5) is 0 Å². The van der Waals surface area contributed by atoms with Crippen LogP contribution in [0.25, 0.3) is 11.0 Å². The number of nitrogens with two attached hydrogens (primary N) is 1. The molecule has 3 rings (SSSR count). The summed E-state index contributed by atoms with van der Waals surface area (Å²) < 4.78 is 2.31. The summed E-state index contributed by atoms with van der Waals surface area (Å²) in [6, 6.07) is 6.29. The summed E-state index contributed by atoms with van der Waals surface area (Å²) in [5.74, 6) is 1.67. The molecule has 3 nitrogen and oxygen atoms in total. The second-order valence-electron chi connectivity index (χ2n) is 5.50. The number of rotatable bonds is 3. The Hall–Kier alpha value is -1.06. The molecule has 4 heteroatoms. The first-order valence-corrected chi connectivity index (χ1v) is 7.48. The lowest BCUT2D eigenvalue weighted by atomic mass is 10.1. The summed E-state index contributed by atoms with van der Waals surface area (Å²) in [6.45, 7) is 3.16. The lowest BCUT2D eigenvalue weighted by Crippen LogP contribution is -2.15. The molecule has 1 aliphatic carbocycles. The van der Waals surface area contributed by atoms with E-state index in [1.807, 2.05) is 18.2 Å². The van der Waals surface area contributed by atoms with Crippen LogP contribution in [0.15, 0.2) is 18.2 Å². The number of nitrogens with zero attached hydrogens (tertiary/aromatic N) is 2.